The molecule has 114 valence electrons. The minimum absolute atomic E-state index is 0. The zero-order valence-corrected chi connectivity index (χ0v) is 13.0. The lowest BCUT2D eigenvalue weighted by Gasteiger charge is -2.28. The molecule has 20 heavy (non-hydrogen) atoms. The summed E-state index contributed by atoms with van der Waals surface area (Å²) in [7, 11) is -3.87. The van der Waals surface area contributed by atoms with Gasteiger partial charge in [0.2, 0.25) is 10.0 Å². The maximum absolute atomic E-state index is 13.7. The molecule has 1 fully saturated rings. The summed E-state index contributed by atoms with van der Waals surface area (Å²) in [5.41, 5.74) is 5.79. The molecule has 7 heteroatoms. The smallest absolute Gasteiger partial charge is 0.244 e. The van der Waals surface area contributed by atoms with Crippen LogP contribution in [0.5, 0.6) is 0 Å². The monoisotopic (exact) mass is 322 g/mol. The van der Waals surface area contributed by atoms with Gasteiger partial charge in [0.15, 0.2) is 0 Å². The lowest BCUT2D eigenvalue weighted by atomic mass is 10.0. The van der Waals surface area contributed by atoms with Crippen LogP contribution in [0, 0.1) is 12.7 Å². The first-order valence-electron chi connectivity index (χ1n) is 6.39. The summed E-state index contributed by atoms with van der Waals surface area (Å²) in [6.45, 7) is 1.96. The Balaban J connectivity index is 0.00000200. The van der Waals surface area contributed by atoms with Crippen molar-refractivity contribution >= 4 is 22.4 Å². The number of benzene rings is 1. The SMILES string of the molecule is Cc1ccc(F)c(S(=O)(=O)NC2(CN)CCCC2)c1.Cl. The van der Waals surface area contributed by atoms with Gasteiger partial charge in [-0.2, -0.15) is 0 Å². The van der Waals surface area contributed by atoms with Crippen molar-refractivity contribution in [2.24, 2.45) is 5.73 Å². The number of nitrogens with two attached hydrogens (primary N) is 1. The summed E-state index contributed by atoms with van der Waals surface area (Å²) < 4.78 is 41.0. The van der Waals surface area contributed by atoms with E-state index in [1.807, 2.05) is 0 Å². The first-order valence-corrected chi connectivity index (χ1v) is 7.87. The highest BCUT2D eigenvalue weighted by atomic mass is 35.5. The summed E-state index contributed by atoms with van der Waals surface area (Å²) in [6.07, 6.45) is 3.29. The standard InChI is InChI=1S/C13H19FN2O2S.ClH/c1-10-4-5-11(14)12(8-10)19(17,18)16-13(9-15)6-2-3-7-13;/h4-5,8,16H,2-3,6-7,9,15H2,1H3;1H. The van der Waals surface area contributed by atoms with Gasteiger partial charge >= 0.3 is 0 Å². The highest BCUT2D eigenvalue weighted by Gasteiger charge is 2.37. The maximum atomic E-state index is 13.7. The Morgan fingerprint density at radius 2 is 1.95 bits per heavy atom. The number of hydrogen-bond donors (Lipinski definition) is 2. The second-order valence-electron chi connectivity index (χ2n) is 5.23. The van der Waals surface area contributed by atoms with Gasteiger partial charge in [-0.1, -0.05) is 18.9 Å². The predicted octanol–water partition coefficient (Wildman–Crippen LogP) is 2.11. The Morgan fingerprint density at radius 3 is 2.50 bits per heavy atom. The Bertz CT molecular complexity index is 572. The number of rotatable bonds is 4. The highest BCUT2D eigenvalue weighted by molar-refractivity contribution is 7.89. The summed E-state index contributed by atoms with van der Waals surface area (Å²) in [5, 5.41) is 0. The van der Waals surface area contributed by atoms with E-state index in [0.717, 1.165) is 12.8 Å². The molecule has 0 amide bonds. The van der Waals surface area contributed by atoms with Crippen LogP contribution in [0.2, 0.25) is 0 Å². The van der Waals surface area contributed by atoms with Crippen LogP contribution in [0.4, 0.5) is 4.39 Å². The fraction of sp³-hybridized carbons (Fsp3) is 0.538. The van der Waals surface area contributed by atoms with Crippen LogP contribution < -0.4 is 10.5 Å². The molecule has 0 aliphatic heterocycles. The molecule has 3 N–H and O–H groups in total. The van der Waals surface area contributed by atoms with Crippen LogP contribution in [0.1, 0.15) is 31.2 Å². The third-order valence-corrected chi connectivity index (χ3v) is 5.27. The van der Waals surface area contributed by atoms with Gasteiger partial charge in [0, 0.05) is 12.1 Å². The van der Waals surface area contributed by atoms with E-state index in [0.29, 0.717) is 18.4 Å². The van der Waals surface area contributed by atoms with Crippen molar-refractivity contribution in [1.29, 1.82) is 0 Å². The summed E-state index contributed by atoms with van der Waals surface area (Å²) in [6, 6.07) is 4.06. The number of hydrogen-bond acceptors (Lipinski definition) is 3. The van der Waals surface area contributed by atoms with Gasteiger partial charge in [-0.3, -0.25) is 0 Å². The molecule has 0 unspecified atom stereocenters. The Kier molecular flexibility index (Phi) is 5.54. The third kappa shape index (κ3) is 3.49. The van der Waals surface area contributed by atoms with Crippen molar-refractivity contribution < 1.29 is 12.8 Å². The Morgan fingerprint density at radius 1 is 1.35 bits per heavy atom. The summed E-state index contributed by atoms with van der Waals surface area (Å²) in [5.74, 6) is -0.733. The van der Waals surface area contributed by atoms with Crippen molar-refractivity contribution in [2.75, 3.05) is 6.54 Å². The molecule has 0 spiro atoms. The third-order valence-electron chi connectivity index (χ3n) is 3.68. The molecule has 1 aromatic rings. The second-order valence-corrected chi connectivity index (χ2v) is 6.88. The molecule has 0 radical (unpaired) electrons. The van der Waals surface area contributed by atoms with E-state index in [9.17, 15) is 12.8 Å². The fourth-order valence-corrected chi connectivity index (χ4v) is 4.19. The molecule has 1 aliphatic carbocycles. The molecule has 1 aromatic carbocycles. The van der Waals surface area contributed by atoms with Crippen LogP contribution in [0.25, 0.3) is 0 Å². The van der Waals surface area contributed by atoms with Crippen LogP contribution in [0.15, 0.2) is 23.1 Å². The molecule has 0 heterocycles. The quantitative estimate of drug-likeness (QED) is 0.891. The molecule has 2 rings (SSSR count). The first kappa shape index (κ1) is 17.4. The van der Waals surface area contributed by atoms with Crippen LogP contribution in [-0.2, 0) is 10.0 Å². The highest BCUT2D eigenvalue weighted by Crippen LogP contribution is 2.30. The van der Waals surface area contributed by atoms with Crippen LogP contribution in [0.3, 0.4) is 0 Å². The van der Waals surface area contributed by atoms with E-state index in [-0.39, 0.29) is 23.8 Å². The largest absolute Gasteiger partial charge is 0.329 e. The normalized spacial score (nSPS) is 17.8. The van der Waals surface area contributed by atoms with Crippen molar-refractivity contribution in [3.8, 4) is 0 Å². The first-order chi connectivity index (χ1) is 8.88. The molecule has 0 atom stereocenters. The van der Waals surface area contributed by atoms with Gasteiger partial charge < -0.3 is 5.73 Å². The summed E-state index contributed by atoms with van der Waals surface area (Å²) >= 11 is 0. The van der Waals surface area contributed by atoms with Crippen molar-refractivity contribution in [2.45, 2.75) is 43.0 Å². The van der Waals surface area contributed by atoms with Crippen molar-refractivity contribution in [3.63, 3.8) is 0 Å². The van der Waals surface area contributed by atoms with Gasteiger partial charge in [-0.05, 0) is 37.5 Å². The lowest BCUT2D eigenvalue weighted by Crippen LogP contribution is -2.51. The number of aryl methyl sites for hydroxylation is 1. The van der Waals surface area contributed by atoms with Gasteiger partial charge in [0.1, 0.15) is 10.7 Å². The summed E-state index contributed by atoms with van der Waals surface area (Å²) in [4.78, 5) is -0.299. The minimum Gasteiger partial charge on any atom is -0.329 e. The minimum atomic E-state index is -3.87. The van der Waals surface area contributed by atoms with Crippen molar-refractivity contribution in [1.82, 2.24) is 4.72 Å². The molecule has 1 saturated carbocycles. The fourth-order valence-electron chi connectivity index (χ4n) is 2.56. The van der Waals surface area contributed by atoms with E-state index >= 15 is 0 Å². The Labute approximate surface area is 125 Å². The topological polar surface area (TPSA) is 72.2 Å². The van der Waals surface area contributed by atoms with E-state index < -0.39 is 21.4 Å². The van der Waals surface area contributed by atoms with Crippen molar-refractivity contribution in [3.05, 3.63) is 29.6 Å². The molecule has 0 bridgehead atoms. The van der Waals surface area contributed by atoms with Gasteiger partial charge in [-0.25, -0.2) is 17.5 Å². The van der Waals surface area contributed by atoms with Gasteiger partial charge in [-0.15, -0.1) is 12.4 Å². The molecular weight excluding hydrogens is 303 g/mol. The molecule has 1 aliphatic rings. The Hall–Kier alpha value is -0.690. The van der Waals surface area contributed by atoms with Gasteiger partial charge in [0.25, 0.3) is 0 Å². The molecular formula is C13H20ClFN2O2S. The average molecular weight is 323 g/mol. The van der Waals surface area contributed by atoms with Crippen LogP contribution >= 0.6 is 12.4 Å². The maximum Gasteiger partial charge on any atom is 0.244 e. The number of sulfonamides is 1. The number of nitrogens with one attached hydrogen (secondary N) is 1. The van der Waals surface area contributed by atoms with Crippen LogP contribution in [-0.4, -0.2) is 20.5 Å². The average Bonchev–Trinajstić information content (AvgIpc) is 2.80. The number of halogens is 2. The van der Waals surface area contributed by atoms with E-state index in [2.05, 4.69) is 4.72 Å². The lowest BCUT2D eigenvalue weighted by molar-refractivity contribution is 0.398. The zero-order chi connectivity index (χ0) is 14.1. The zero-order valence-electron chi connectivity index (χ0n) is 11.4. The van der Waals surface area contributed by atoms with E-state index in [4.69, 9.17) is 5.73 Å². The predicted molar refractivity (Wildman–Crippen MR) is 79.0 cm³/mol. The molecule has 0 saturated heterocycles. The second kappa shape index (κ2) is 6.39. The van der Waals surface area contributed by atoms with E-state index in [1.54, 1.807) is 13.0 Å². The van der Waals surface area contributed by atoms with Gasteiger partial charge in [0.05, 0.1) is 0 Å². The van der Waals surface area contributed by atoms with E-state index in [1.165, 1.54) is 12.1 Å². The molecule has 0 aromatic heterocycles. The molecule has 4 nitrogen and oxygen atoms in total.